The molecule has 1 aromatic carbocycles. The normalized spacial score (nSPS) is 10.8. The first kappa shape index (κ1) is 14.2. The van der Waals surface area contributed by atoms with Crippen molar-refractivity contribution in [2.24, 2.45) is 5.10 Å². The third-order valence-electron chi connectivity index (χ3n) is 2.80. The maximum atomic E-state index is 6.04. The standard InChI is InChI=1S/C16H12ClN5/c17-14-9-15(22-19-11-12-5-4-8-18-10-12)21-16(20-14)13-6-2-1-3-7-13/h1-11H,(H,20,21,22)/b19-11+. The molecule has 1 N–H and O–H groups in total. The Balaban J connectivity index is 1.80. The molecular formula is C16H12ClN5. The monoisotopic (exact) mass is 309 g/mol. The topological polar surface area (TPSA) is 63.1 Å². The van der Waals surface area contributed by atoms with Crippen LogP contribution in [-0.4, -0.2) is 21.2 Å². The highest BCUT2D eigenvalue weighted by Crippen LogP contribution is 2.19. The van der Waals surface area contributed by atoms with Crippen LogP contribution >= 0.6 is 11.6 Å². The molecule has 3 aromatic rings. The number of hydrogen-bond acceptors (Lipinski definition) is 5. The van der Waals surface area contributed by atoms with E-state index in [1.165, 1.54) is 0 Å². The van der Waals surface area contributed by atoms with E-state index in [1.807, 2.05) is 42.5 Å². The highest BCUT2D eigenvalue weighted by atomic mass is 35.5. The summed E-state index contributed by atoms with van der Waals surface area (Å²) < 4.78 is 0. The number of halogens is 1. The van der Waals surface area contributed by atoms with Gasteiger partial charge in [-0.25, -0.2) is 9.97 Å². The lowest BCUT2D eigenvalue weighted by molar-refractivity contribution is 1.15. The van der Waals surface area contributed by atoms with E-state index in [0.29, 0.717) is 16.8 Å². The van der Waals surface area contributed by atoms with Gasteiger partial charge in [0.15, 0.2) is 11.6 Å². The minimum Gasteiger partial charge on any atom is -0.264 e. The maximum absolute atomic E-state index is 6.04. The summed E-state index contributed by atoms with van der Waals surface area (Å²) in [5.41, 5.74) is 4.63. The van der Waals surface area contributed by atoms with Gasteiger partial charge in [0.25, 0.3) is 0 Å². The molecule has 0 aliphatic heterocycles. The largest absolute Gasteiger partial charge is 0.264 e. The van der Waals surface area contributed by atoms with Crippen LogP contribution < -0.4 is 5.43 Å². The number of nitrogens with zero attached hydrogens (tertiary/aromatic N) is 4. The molecular weight excluding hydrogens is 298 g/mol. The molecule has 0 unspecified atom stereocenters. The predicted molar refractivity (Wildman–Crippen MR) is 87.9 cm³/mol. The van der Waals surface area contributed by atoms with Crippen molar-refractivity contribution in [2.45, 2.75) is 0 Å². The van der Waals surface area contributed by atoms with Crippen molar-refractivity contribution in [1.29, 1.82) is 0 Å². The Morgan fingerprint density at radius 3 is 2.68 bits per heavy atom. The van der Waals surface area contributed by atoms with E-state index in [2.05, 4.69) is 25.5 Å². The third-order valence-corrected chi connectivity index (χ3v) is 3.00. The summed E-state index contributed by atoms with van der Waals surface area (Å²) in [6.45, 7) is 0. The Hall–Kier alpha value is -2.79. The van der Waals surface area contributed by atoms with E-state index in [9.17, 15) is 0 Å². The minimum absolute atomic E-state index is 0.355. The van der Waals surface area contributed by atoms with Crippen LogP contribution in [0.5, 0.6) is 0 Å². The van der Waals surface area contributed by atoms with Crippen LogP contribution in [-0.2, 0) is 0 Å². The fourth-order valence-corrected chi connectivity index (χ4v) is 2.00. The molecule has 0 radical (unpaired) electrons. The molecule has 2 heterocycles. The Labute approximate surface area is 132 Å². The fraction of sp³-hybridized carbons (Fsp3) is 0. The Morgan fingerprint density at radius 1 is 1.05 bits per heavy atom. The second-order valence-electron chi connectivity index (χ2n) is 4.42. The summed E-state index contributed by atoms with van der Waals surface area (Å²) in [5, 5.41) is 4.48. The number of benzene rings is 1. The van der Waals surface area contributed by atoms with Gasteiger partial charge in [-0.15, -0.1) is 0 Å². The van der Waals surface area contributed by atoms with Crippen LogP contribution in [0.15, 0.2) is 66.0 Å². The zero-order valence-corrected chi connectivity index (χ0v) is 12.3. The lowest BCUT2D eigenvalue weighted by Gasteiger charge is -2.04. The third kappa shape index (κ3) is 3.65. The van der Waals surface area contributed by atoms with Gasteiger partial charge in [0.1, 0.15) is 5.15 Å². The molecule has 0 spiro atoms. The van der Waals surface area contributed by atoms with Crippen LogP contribution in [0.3, 0.4) is 0 Å². The van der Waals surface area contributed by atoms with Gasteiger partial charge in [-0.3, -0.25) is 10.4 Å². The molecule has 108 valence electrons. The Kier molecular flexibility index (Phi) is 4.36. The van der Waals surface area contributed by atoms with Crippen molar-refractivity contribution in [3.8, 4) is 11.4 Å². The number of pyridine rings is 1. The summed E-state index contributed by atoms with van der Waals surface area (Å²) >= 11 is 6.04. The number of aromatic nitrogens is 3. The van der Waals surface area contributed by atoms with Crippen LogP contribution in [0.2, 0.25) is 5.15 Å². The van der Waals surface area contributed by atoms with Crippen molar-refractivity contribution >= 4 is 23.6 Å². The van der Waals surface area contributed by atoms with E-state index in [1.54, 1.807) is 24.7 Å². The summed E-state index contributed by atoms with van der Waals surface area (Å²) in [6.07, 6.45) is 5.08. The molecule has 0 aliphatic rings. The maximum Gasteiger partial charge on any atom is 0.163 e. The average molecular weight is 310 g/mol. The molecule has 0 aliphatic carbocycles. The molecule has 0 saturated carbocycles. The number of rotatable bonds is 4. The predicted octanol–water partition coefficient (Wildman–Crippen LogP) is 3.64. The highest BCUT2D eigenvalue weighted by Gasteiger charge is 2.04. The first-order valence-corrected chi connectivity index (χ1v) is 6.98. The van der Waals surface area contributed by atoms with Gasteiger partial charge in [0, 0.05) is 29.6 Å². The first-order chi connectivity index (χ1) is 10.8. The molecule has 0 fully saturated rings. The molecule has 0 amide bonds. The highest BCUT2D eigenvalue weighted by molar-refractivity contribution is 6.29. The van der Waals surface area contributed by atoms with Crippen LogP contribution in [0.4, 0.5) is 5.82 Å². The molecule has 0 bridgehead atoms. The SMILES string of the molecule is Clc1cc(N/N=C/c2cccnc2)nc(-c2ccccc2)n1. The van der Waals surface area contributed by atoms with Crippen molar-refractivity contribution in [3.05, 3.63) is 71.6 Å². The van der Waals surface area contributed by atoms with E-state index in [-0.39, 0.29) is 0 Å². The molecule has 0 saturated heterocycles. The molecule has 22 heavy (non-hydrogen) atoms. The van der Waals surface area contributed by atoms with Gasteiger partial charge >= 0.3 is 0 Å². The van der Waals surface area contributed by atoms with E-state index in [0.717, 1.165) is 11.1 Å². The van der Waals surface area contributed by atoms with Gasteiger partial charge in [0.05, 0.1) is 6.21 Å². The summed E-state index contributed by atoms with van der Waals surface area (Å²) in [6, 6.07) is 15.0. The molecule has 2 aromatic heterocycles. The summed E-state index contributed by atoms with van der Waals surface area (Å²) in [4.78, 5) is 12.6. The number of anilines is 1. The molecule has 6 heteroatoms. The minimum atomic E-state index is 0.355. The van der Waals surface area contributed by atoms with Crippen molar-refractivity contribution in [3.63, 3.8) is 0 Å². The Morgan fingerprint density at radius 2 is 1.91 bits per heavy atom. The lowest BCUT2D eigenvalue weighted by atomic mass is 10.2. The van der Waals surface area contributed by atoms with Gasteiger partial charge in [-0.05, 0) is 6.07 Å². The summed E-state index contributed by atoms with van der Waals surface area (Å²) in [5.74, 6) is 1.08. The lowest BCUT2D eigenvalue weighted by Crippen LogP contribution is -1.97. The van der Waals surface area contributed by atoms with Gasteiger partial charge in [-0.2, -0.15) is 5.10 Å². The van der Waals surface area contributed by atoms with E-state index in [4.69, 9.17) is 11.6 Å². The zero-order valence-electron chi connectivity index (χ0n) is 11.5. The van der Waals surface area contributed by atoms with Gasteiger partial charge in [0.2, 0.25) is 0 Å². The smallest absolute Gasteiger partial charge is 0.163 e. The Bertz CT molecular complexity index is 775. The molecule has 3 rings (SSSR count). The van der Waals surface area contributed by atoms with Gasteiger partial charge < -0.3 is 0 Å². The second kappa shape index (κ2) is 6.78. The fourth-order valence-electron chi connectivity index (χ4n) is 1.82. The van der Waals surface area contributed by atoms with E-state index < -0.39 is 0 Å². The van der Waals surface area contributed by atoms with Crippen LogP contribution in [0.1, 0.15) is 5.56 Å². The second-order valence-corrected chi connectivity index (χ2v) is 4.81. The summed E-state index contributed by atoms with van der Waals surface area (Å²) in [7, 11) is 0. The van der Waals surface area contributed by atoms with E-state index >= 15 is 0 Å². The van der Waals surface area contributed by atoms with Crippen LogP contribution in [0.25, 0.3) is 11.4 Å². The molecule has 5 nitrogen and oxygen atoms in total. The number of hydrogen-bond donors (Lipinski definition) is 1. The average Bonchev–Trinajstić information content (AvgIpc) is 2.56. The number of hydrazone groups is 1. The van der Waals surface area contributed by atoms with Crippen molar-refractivity contribution in [1.82, 2.24) is 15.0 Å². The molecule has 0 atom stereocenters. The van der Waals surface area contributed by atoms with Gasteiger partial charge in [-0.1, -0.05) is 48.0 Å². The van der Waals surface area contributed by atoms with Crippen LogP contribution in [0, 0.1) is 0 Å². The first-order valence-electron chi connectivity index (χ1n) is 6.60. The quantitative estimate of drug-likeness (QED) is 0.454. The zero-order chi connectivity index (χ0) is 15.2. The number of nitrogens with one attached hydrogen (secondary N) is 1. The van der Waals surface area contributed by atoms with Crippen molar-refractivity contribution < 1.29 is 0 Å². The van der Waals surface area contributed by atoms with Crippen molar-refractivity contribution in [2.75, 3.05) is 5.43 Å².